The Labute approximate surface area is 94.7 Å². The average Bonchev–Trinajstić information content (AvgIpc) is 2.22. The highest BCUT2D eigenvalue weighted by atomic mass is 19.1. The predicted molar refractivity (Wildman–Crippen MR) is 65.7 cm³/mol. The minimum absolute atomic E-state index is 0.236. The molecule has 2 N–H and O–H groups in total. The summed E-state index contributed by atoms with van der Waals surface area (Å²) in [4.78, 5) is 0. The van der Waals surface area contributed by atoms with Gasteiger partial charge in [-0.2, -0.15) is 0 Å². The molecule has 0 aliphatic carbocycles. The fraction of sp³-hybridized carbons (Fsp3) is 0.143. The van der Waals surface area contributed by atoms with E-state index in [0.717, 1.165) is 22.3 Å². The Bertz CT molecular complexity index is 532. The van der Waals surface area contributed by atoms with Gasteiger partial charge in [0.05, 0.1) is 0 Å². The Morgan fingerprint density at radius 2 is 1.69 bits per heavy atom. The monoisotopic (exact) mass is 215 g/mol. The third kappa shape index (κ3) is 1.91. The molecular formula is C14H14FN. The number of hydrogen-bond donors (Lipinski definition) is 1. The zero-order chi connectivity index (χ0) is 11.7. The molecule has 82 valence electrons. The van der Waals surface area contributed by atoms with Crippen molar-refractivity contribution >= 4 is 5.69 Å². The second-order valence-electron chi connectivity index (χ2n) is 4.05. The minimum atomic E-state index is -0.236. The van der Waals surface area contributed by atoms with E-state index in [4.69, 9.17) is 5.73 Å². The van der Waals surface area contributed by atoms with Crippen molar-refractivity contribution in [2.24, 2.45) is 0 Å². The summed E-state index contributed by atoms with van der Waals surface area (Å²) in [6.45, 7) is 3.94. The highest BCUT2D eigenvalue weighted by Gasteiger charge is 2.06. The first kappa shape index (κ1) is 10.7. The molecule has 0 heterocycles. The van der Waals surface area contributed by atoms with Gasteiger partial charge in [-0.25, -0.2) is 4.39 Å². The van der Waals surface area contributed by atoms with Gasteiger partial charge in [0.25, 0.3) is 0 Å². The lowest BCUT2D eigenvalue weighted by Gasteiger charge is -2.10. The van der Waals surface area contributed by atoms with E-state index in [1.807, 2.05) is 32.0 Å². The highest BCUT2D eigenvalue weighted by Crippen LogP contribution is 2.29. The summed E-state index contributed by atoms with van der Waals surface area (Å²) in [5.74, 6) is -0.236. The van der Waals surface area contributed by atoms with Crippen LogP contribution in [0.15, 0.2) is 36.4 Å². The van der Waals surface area contributed by atoms with Gasteiger partial charge in [-0.15, -0.1) is 0 Å². The maximum atomic E-state index is 13.2. The summed E-state index contributed by atoms with van der Waals surface area (Å²) in [6, 6.07) is 10.6. The molecule has 2 rings (SSSR count). The summed E-state index contributed by atoms with van der Waals surface area (Å²) < 4.78 is 13.2. The predicted octanol–water partition coefficient (Wildman–Crippen LogP) is 3.69. The maximum absolute atomic E-state index is 13.2. The van der Waals surface area contributed by atoms with Crippen molar-refractivity contribution in [3.63, 3.8) is 0 Å². The zero-order valence-electron chi connectivity index (χ0n) is 9.42. The zero-order valence-corrected chi connectivity index (χ0v) is 9.42. The van der Waals surface area contributed by atoms with Crippen LogP contribution in [0.1, 0.15) is 11.1 Å². The molecule has 1 nitrogen and oxygen atoms in total. The number of nitrogens with two attached hydrogens (primary N) is 1. The third-order valence-electron chi connectivity index (χ3n) is 2.70. The summed E-state index contributed by atoms with van der Waals surface area (Å²) in [5.41, 5.74) is 10.5. The third-order valence-corrected chi connectivity index (χ3v) is 2.70. The Hall–Kier alpha value is -1.83. The number of rotatable bonds is 1. The van der Waals surface area contributed by atoms with Gasteiger partial charge in [-0.1, -0.05) is 18.2 Å². The van der Waals surface area contributed by atoms with Crippen LogP contribution in [-0.2, 0) is 0 Å². The summed E-state index contributed by atoms with van der Waals surface area (Å²) >= 11 is 0. The molecule has 0 aliphatic heterocycles. The molecule has 0 radical (unpaired) electrons. The fourth-order valence-corrected chi connectivity index (χ4v) is 1.81. The van der Waals surface area contributed by atoms with E-state index in [9.17, 15) is 4.39 Å². The van der Waals surface area contributed by atoms with Gasteiger partial charge in [0, 0.05) is 11.3 Å². The van der Waals surface area contributed by atoms with Gasteiger partial charge < -0.3 is 5.73 Å². The quantitative estimate of drug-likeness (QED) is 0.721. The van der Waals surface area contributed by atoms with Crippen LogP contribution in [-0.4, -0.2) is 0 Å². The Morgan fingerprint density at radius 1 is 0.938 bits per heavy atom. The fourth-order valence-electron chi connectivity index (χ4n) is 1.81. The van der Waals surface area contributed by atoms with Gasteiger partial charge in [0.15, 0.2) is 0 Å². The molecule has 0 bridgehead atoms. The molecular weight excluding hydrogens is 201 g/mol. The molecule has 16 heavy (non-hydrogen) atoms. The van der Waals surface area contributed by atoms with Crippen molar-refractivity contribution in [2.75, 3.05) is 5.73 Å². The van der Waals surface area contributed by atoms with Crippen molar-refractivity contribution in [2.45, 2.75) is 13.8 Å². The summed E-state index contributed by atoms with van der Waals surface area (Å²) in [7, 11) is 0. The molecule has 0 aliphatic rings. The highest BCUT2D eigenvalue weighted by molar-refractivity contribution is 5.78. The van der Waals surface area contributed by atoms with Gasteiger partial charge in [0.2, 0.25) is 0 Å². The van der Waals surface area contributed by atoms with E-state index in [0.29, 0.717) is 5.69 Å². The van der Waals surface area contributed by atoms with Crippen molar-refractivity contribution in [1.29, 1.82) is 0 Å². The van der Waals surface area contributed by atoms with E-state index in [2.05, 4.69) is 0 Å². The van der Waals surface area contributed by atoms with Crippen LogP contribution < -0.4 is 5.73 Å². The first-order valence-electron chi connectivity index (χ1n) is 5.20. The van der Waals surface area contributed by atoms with E-state index < -0.39 is 0 Å². The minimum Gasteiger partial charge on any atom is -0.398 e. The maximum Gasteiger partial charge on any atom is 0.123 e. The normalized spacial score (nSPS) is 10.4. The van der Waals surface area contributed by atoms with Gasteiger partial charge in [0.1, 0.15) is 5.82 Å². The summed E-state index contributed by atoms with van der Waals surface area (Å²) in [5, 5.41) is 0. The number of halogens is 1. The largest absolute Gasteiger partial charge is 0.398 e. The van der Waals surface area contributed by atoms with E-state index in [1.54, 1.807) is 6.07 Å². The molecule has 2 heteroatoms. The van der Waals surface area contributed by atoms with Crippen molar-refractivity contribution in [3.8, 4) is 11.1 Å². The number of nitrogen functional groups attached to an aromatic ring is 1. The first-order valence-corrected chi connectivity index (χ1v) is 5.20. The Balaban J connectivity index is 2.62. The second-order valence-corrected chi connectivity index (χ2v) is 4.05. The molecule has 0 fully saturated rings. The molecule has 0 saturated carbocycles. The number of aryl methyl sites for hydroxylation is 2. The lowest BCUT2D eigenvalue weighted by molar-refractivity contribution is 0.628. The standard InChI is InChI=1S/C14H14FN/c1-9-3-6-12(14(16)7-9)13-8-11(15)5-4-10(13)2/h3-8H,16H2,1-2H3. The van der Waals surface area contributed by atoms with Crippen LogP contribution in [0.25, 0.3) is 11.1 Å². The van der Waals surface area contributed by atoms with Crippen molar-refractivity contribution < 1.29 is 4.39 Å². The molecule has 0 saturated heterocycles. The molecule has 0 aromatic heterocycles. The van der Waals surface area contributed by atoms with Crippen LogP contribution in [0.5, 0.6) is 0 Å². The Morgan fingerprint density at radius 3 is 2.38 bits per heavy atom. The van der Waals surface area contributed by atoms with E-state index in [1.165, 1.54) is 12.1 Å². The van der Waals surface area contributed by atoms with Gasteiger partial charge in [-0.3, -0.25) is 0 Å². The molecule has 0 unspecified atom stereocenters. The van der Waals surface area contributed by atoms with E-state index in [-0.39, 0.29) is 5.82 Å². The lowest BCUT2D eigenvalue weighted by atomic mass is 9.98. The topological polar surface area (TPSA) is 26.0 Å². The Kier molecular flexibility index (Phi) is 2.65. The van der Waals surface area contributed by atoms with Crippen LogP contribution in [0.2, 0.25) is 0 Å². The second kappa shape index (κ2) is 3.97. The van der Waals surface area contributed by atoms with Gasteiger partial charge in [-0.05, 0) is 48.7 Å². The molecule has 0 atom stereocenters. The average molecular weight is 215 g/mol. The van der Waals surface area contributed by atoms with Crippen molar-refractivity contribution in [3.05, 3.63) is 53.3 Å². The van der Waals surface area contributed by atoms with E-state index >= 15 is 0 Å². The molecule has 2 aromatic rings. The molecule has 0 spiro atoms. The number of benzene rings is 2. The van der Waals surface area contributed by atoms with Crippen LogP contribution in [0.4, 0.5) is 10.1 Å². The summed E-state index contributed by atoms with van der Waals surface area (Å²) in [6.07, 6.45) is 0. The molecule has 2 aromatic carbocycles. The SMILES string of the molecule is Cc1ccc(-c2cc(F)ccc2C)c(N)c1. The van der Waals surface area contributed by atoms with Crippen molar-refractivity contribution in [1.82, 2.24) is 0 Å². The number of hydrogen-bond acceptors (Lipinski definition) is 1. The van der Waals surface area contributed by atoms with Crippen LogP contribution >= 0.6 is 0 Å². The first-order chi connectivity index (χ1) is 7.58. The smallest absolute Gasteiger partial charge is 0.123 e. The van der Waals surface area contributed by atoms with Crippen LogP contribution in [0.3, 0.4) is 0 Å². The number of anilines is 1. The lowest BCUT2D eigenvalue weighted by Crippen LogP contribution is -1.93. The van der Waals surface area contributed by atoms with Crippen LogP contribution in [0, 0.1) is 19.7 Å². The van der Waals surface area contributed by atoms with Gasteiger partial charge >= 0.3 is 0 Å². The molecule has 0 amide bonds.